The Hall–Kier alpha value is -1.06. The standard InChI is InChI=1S/C9H15NO3/c1-2-12-9(11)7-10-13-8-5-3-4-6-8/h7-8H,2-6H2,1H3/b10-7-. The minimum Gasteiger partial charge on any atom is -0.462 e. The number of hydrogen-bond donors (Lipinski definition) is 0. The zero-order chi connectivity index (χ0) is 9.52. The van der Waals surface area contributed by atoms with Crippen molar-refractivity contribution in [2.75, 3.05) is 6.61 Å². The van der Waals surface area contributed by atoms with Crippen molar-refractivity contribution in [2.24, 2.45) is 5.16 Å². The van der Waals surface area contributed by atoms with Crippen molar-refractivity contribution in [2.45, 2.75) is 38.7 Å². The molecule has 74 valence electrons. The molecule has 1 aliphatic carbocycles. The Morgan fingerprint density at radius 2 is 2.23 bits per heavy atom. The van der Waals surface area contributed by atoms with Crippen LogP contribution < -0.4 is 0 Å². The van der Waals surface area contributed by atoms with Crippen molar-refractivity contribution in [3.8, 4) is 0 Å². The first kappa shape index (κ1) is 10.0. The van der Waals surface area contributed by atoms with Gasteiger partial charge in [0.05, 0.1) is 6.61 Å². The number of carbonyl (C=O) groups is 1. The number of hydrogen-bond acceptors (Lipinski definition) is 4. The lowest BCUT2D eigenvalue weighted by atomic mass is 10.3. The summed E-state index contributed by atoms with van der Waals surface area (Å²) in [4.78, 5) is 15.9. The molecule has 0 radical (unpaired) electrons. The molecule has 0 aromatic carbocycles. The third kappa shape index (κ3) is 3.92. The van der Waals surface area contributed by atoms with Crippen LogP contribution in [0.15, 0.2) is 5.16 Å². The van der Waals surface area contributed by atoms with Crippen molar-refractivity contribution in [1.82, 2.24) is 0 Å². The van der Waals surface area contributed by atoms with E-state index in [2.05, 4.69) is 9.89 Å². The number of ether oxygens (including phenoxy) is 1. The number of nitrogens with zero attached hydrogens (tertiary/aromatic N) is 1. The molecule has 0 amide bonds. The van der Waals surface area contributed by atoms with E-state index in [0.29, 0.717) is 6.61 Å². The molecule has 0 unspecified atom stereocenters. The summed E-state index contributed by atoms with van der Waals surface area (Å²) in [6, 6.07) is 0. The van der Waals surface area contributed by atoms with Crippen LogP contribution in [-0.2, 0) is 14.4 Å². The smallest absolute Gasteiger partial charge is 0.352 e. The summed E-state index contributed by atoms with van der Waals surface area (Å²) in [6.07, 6.45) is 5.76. The van der Waals surface area contributed by atoms with E-state index in [1.165, 1.54) is 12.8 Å². The fraction of sp³-hybridized carbons (Fsp3) is 0.778. The van der Waals surface area contributed by atoms with E-state index in [-0.39, 0.29) is 6.10 Å². The molecule has 0 bridgehead atoms. The lowest BCUT2D eigenvalue weighted by Gasteiger charge is -2.04. The Balaban J connectivity index is 2.12. The first-order valence-corrected chi connectivity index (χ1v) is 4.69. The van der Waals surface area contributed by atoms with Gasteiger partial charge in [0.2, 0.25) is 0 Å². The summed E-state index contributed by atoms with van der Waals surface area (Å²) in [5.41, 5.74) is 0. The van der Waals surface area contributed by atoms with E-state index < -0.39 is 5.97 Å². The van der Waals surface area contributed by atoms with E-state index in [9.17, 15) is 4.79 Å². The van der Waals surface area contributed by atoms with Crippen molar-refractivity contribution in [3.63, 3.8) is 0 Å². The molecule has 1 fully saturated rings. The molecule has 1 aliphatic rings. The van der Waals surface area contributed by atoms with Gasteiger partial charge in [-0.05, 0) is 32.6 Å². The normalized spacial score (nSPS) is 17.9. The molecule has 0 aromatic rings. The first-order valence-electron chi connectivity index (χ1n) is 4.69. The quantitative estimate of drug-likeness (QED) is 0.379. The van der Waals surface area contributed by atoms with Crippen molar-refractivity contribution in [1.29, 1.82) is 0 Å². The topological polar surface area (TPSA) is 47.9 Å². The van der Waals surface area contributed by atoms with Gasteiger partial charge in [-0.2, -0.15) is 0 Å². The van der Waals surface area contributed by atoms with Crippen LogP contribution >= 0.6 is 0 Å². The number of esters is 1. The second kappa shape index (κ2) is 5.56. The summed E-state index contributed by atoms with van der Waals surface area (Å²) in [5, 5.41) is 3.57. The Morgan fingerprint density at radius 3 is 2.85 bits per heavy atom. The highest BCUT2D eigenvalue weighted by Gasteiger charge is 2.15. The van der Waals surface area contributed by atoms with Crippen LogP contribution in [0.25, 0.3) is 0 Å². The Labute approximate surface area is 77.9 Å². The summed E-state index contributed by atoms with van der Waals surface area (Å²) in [6.45, 7) is 2.12. The average molecular weight is 185 g/mol. The fourth-order valence-corrected chi connectivity index (χ4v) is 1.33. The Kier molecular flexibility index (Phi) is 4.29. The molecule has 0 N–H and O–H groups in total. The van der Waals surface area contributed by atoms with Gasteiger partial charge < -0.3 is 9.57 Å². The molecule has 0 saturated heterocycles. The highest BCUT2D eigenvalue weighted by atomic mass is 16.6. The average Bonchev–Trinajstić information content (AvgIpc) is 2.57. The van der Waals surface area contributed by atoms with Crippen LogP contribution in [0.4, 0.5) is 0 Å². The predicted molar refractivity (Wildman–Crippen MR) is 48.5 cm³/mol. The van der Waals surface area contributed by atoms with Gasteiger partial charge in [-0.1, -0.05) is 5.16 Å². The first-order chi connectivity index (χ1) is 6.33. The maximum Gasteiger partial charge on any atom is 0.352 e. The van der Waals surface area contributed by atoms with Crippen LogP contribution in [0.1, 0.15) is 32.6 Å². The molecule has 4 nitrogen and oxygen atoms in total. The Bertz CT molecular complexity index is 185. The van der Waals surface area contributed by atoms with Crippen LogP contribution in [-0.4, -0.2) is 24.9 Å². The molecule has 13 heavy (non-hydrogen) atoms. The monoisotopic (exact) mass is 185 g/mol. The Morgan fingerprint density at radius 1 is 1.54 bits per heavy atom. The fourth-order valence-electron chi connectivity index (χ4n) is 1.33. The maximum atomic E-state index is 10.8. The molecular weight excluding hydrogens is 170 g/mol. The van der Waals surface area contributed by atoms with Gasteiger partial charge in [0.25, 0.3) is 0 Å². The predicted octanol–water partition coefficient (Wildman–Crippen LogP) is 1.49. The van der Waals surface area contributed by atoms with Gasteiger partial charge in [-0.25, -0.2) is 4.79 Å². The van der Waals surface area contributed by atoms with Crippen LogP contribution in [0, 0.1) is 0 Å². The molecule has 0 spiro atoms. The van der Waals surface area contributed by atoms with Gasteiger partial charge in [0, 0.05) is 0 Å². The largest absolute Gasteiger partial charge is 0.462 e. The zero-order valence-corrected chi connectivity index (χ0v) is 7.86. The van der Waals surface area contributed by atoms with E-state index in [0.717, 1.165) is 19.1 Å². The number of oxime groups is 1. The SMILES string of the molecule is CCOC(=O)/C=N\OC1CCCC1. The van der Waals surface area contributed by atoms with Crippen molar-refractivity contribution >= 4 is 12.2 Å². The van der Waals surface area contributed by atoms with Gasteiger partial charge in [-0.15, -0.1) is 0 Å². The lowest BCUT2D eigenvalue weighted by Crippen LogP contribution is -2.07. The summed E-state index contributed by atoms with van der Waals surface area (Å²) in [7, 11) is 0. The molecule has 0 atom stereocenters. The van der Waals surface area contributed by atoms with Crippen molar-refractivity contribution in [3.05, 3.63) is 0 Å². The zero-order valence-electron chi connectivity index (χ0n) is 7.86. The minimum atomic E-state index is -0.444. The minimum absolute atomic E-state index is 0.200. The van der Waals surface area contributed by atoms with Crippen LogP contribution in [0.3, 0.4) is 0 Å². The summed E-state index contributed by atoms with van der Waals surface area (Å²) >= 11 is 0. The third-order valence-corrected chi connectivity index (χ3v) is 1.96. The van der Waals surface area contributed by atoms with Gasteiger partial charge >= 0.3 is 5.97 Å². The third-order valence-electron chi connectivity index (χ3n) is 1.96. The van der Waals surface area contributed by atoms with Crippen LogP contribution in [0.5, 0.6) is 0 Å². The van der Waals surface area contributed by atoms with E-state index in [1.807, 2.05) is 0 Å². The highest BCUT2D eigenvalue weighted by molar-refractivity contribution is 6.22. The van der Waals surface area contributed by atoms with Gasteiger partial charge in [0.15, 0.2) is 6.21 Å². The maximum absolute atomic E-state index is 10.8. The van der Waals surface area contributed by atoms with Gasteiger partial charge in [0.1, 0.15) is 6.10 Å². The van der Waals surface area contributed by atoms with E-state index in [1.54, 1.807) is 6.92 Å². The van der Waals surface area contributed by atoms with Gasteiger partial charge in [-0.3, -0.25) is 0 Å². The van der Waals surface area contributed by atoms with Crippen LogP contribution in [0.2, 0.25) is 0 Å². The molecule has 1 rings (SSSR count). The molecule has 0 aliphatic heterocycles. The highest BCUT2D eigenvalue weighted by Crippen LogP contribution is 2.20. The number of rotatable bonds is 4. The summed E-state index contributed by atoms with van der Waals surface area (Å²) in [5.74, 6) is -0.444. The molecule has 4 heteroatoms. The number of carbonyl (C=O) groups excluding carboxylic acids is 1. The molecule has 0 heterocycles. The summed E-state index contributed by atoms with van der Waals surface area (Å²) < 4.78 is 4.64. The van der Waals surface area contributed by atoms with E-state index >= 15 is 0 Å². The molecular formula is C9H15NO3. The molecule has 1 saturated carbocycles. The second-order valence-corrected chi connectivity index (χ2v) is 3.00. The second-order valence-electron chi connectivity index (χ2n) is 3.00. The lowest BCUT2D eigenvalue weighted by molar-refractivity contribution is -0.134. The van der Waals surface area contributed by atoms with E-state index in [4.69, 9.17) is 4.84 Å². The van der Waals surface area contributed by atoms with Crippen molar-refractivity contribution < 1.29 is 14.4 Å². The molecule has 0 aromatic heterocycles.